The maximum Gasteiger partial charge on any atom is 0.0466 e. The number of H-pyrrole nitrogens is 1. The molecule has 3 rings (SSSR count). The zero-order valence-electron chi connectivity index (χ0n) is 9.28. The molecule has 0 aliphatic carbocycles. The third-order valence-electron chi connectivity index (χ3n) is 2.65. The molecule has 3 aromatic rings. The lowest BCUT2D eigenvalue weighted by molar-refractivity contribution is 1.39. The maximum absolute atomic E-state index is 6.04. The van der Waals surface area contributed by atoms with Crippen molar-refractivity contribution in [3.8, 4) is 0 Å². The van der Waals surface area contributed by atoms with Crippen LogP contribution in [0.15, 0.2) is 62.9 Å². The summed E-state index contributed by atoms with van der Waals surface area (Å²) in [4.78, 5) is 5.66. The van der Waals surface area contributed by atoms with Crippen molar-refractivity contribution in [2.75, 3.05) is 0 Å². The van der Waals surface area contributed by atoms with E-state index in [9.17, 15) is 0 Å². The number of aromatic nitrogens is 1. The van der Waals surface area contributed by atoms with E-state index in [0.29, 0.717) is 0 Å². The fourth-order valence-electron chi connectivity index (χ4n) is 1.78. The molecule has 0 aliphatic heterocycles. The summed E-state index contributed by atoms with van der Waals surface area (Å²) in [5.74, 6) is 0. The van der Waals surface area contributed by atoms with E-state index in [1.807, 2.05) is 36.5 Å². The van der Waals surface area contributed by atoms with Crippen LogP contribution in [0.4, 0.5) is 0 Å². The van der Waals surface area contributed by atoms with Gasteiger partial charge < -0.3 is 4.98 Å². The van der Waals surface area contributed by atoms with Gasteiger partial charge in [-0.15, -0.1) is 0 Å². The van der Waals surface area contributed by atoms with Crippen molar-refractivity contribution < 1.29 is 0 Å². The number of aromatic amines is 1. The van der Waals surface area contributed by atoms with Gasteiger partial charge in [-0.05, 0) is 42.5 Å². The molecule has 0 spiro atoms. The Morgan fingerprint density at radius 2 is 1.83 bits per heavy atom. The predicted molar refractivity (Wildman–Crippen MR) is 81.6 cm³/mol. The van der Waals surface area contributed by atoms with Gasteiger partial charge in [-0.1, -0.05) is 39.3 Å². The number of hydrogen-bond acceptors (Lipinski definition) is 1. The van der Waals surface area contributed by atoms with E-state index in [1.54, 1.807) is 11.8 Å². The van der Waals surface area contributed by atoms with Crippen molar-refractivity contribution in [1.29, 1.82) is 0 Å². The minimum absolute atomic E-state index is 0.764. The number of fused-ring (bicyclic) bond motifs is 1. The van der Waals surface area contributed by atoms with Crippen LogP contribution in [0.2, 0.25) is 5.02 Å². The summed E-state index contributed by atoms with van der Waals surface area (Å²) in [7, 11) is 0. The van der Waals surface area contributed by atoms with Gasteiger partial charge in [0.15, 0.2) is 0 Å². The predicted octanol–water partition coefficient (Wildman–Crippen LogP) is 5.74. The van der Waals surface area contributed by atoms with E-state index >= 15 is 0 Å². The summed E-state index contributed by atoms with van der Waals surface area (Å²) in [5.41, 5.74) is 1.11. The molecule has 1 aromatic heterocycles. The molecule has 0 bridgehead atoms. The molecular weight excluding hydrogens is 330 g/mol. The van der Waals surface area contributed by atoms with Gasteiger partial charge in [0, 0.05) is 36.4 Å². The zero-order valence-corrected chi connectivity index (χ0v) is 12.4. The Morgan fingerprint density at radius 3 is 2.61 bits per heavy atom. The van der Waals surface area contributed by atoms with Crippen LogP contribution < -0.4 is 0 Å². The van der Waals surface area contributed by atoms with Crippen LogP contribution in [0, 0.1) is 0 Å². The minimum Gasteiger partial charge on any atom is -0.360 e. The molecular formula is C14H9BrClNS. The van der Waals surface area contributed by atoms with E-state index in [-0.39, 0.29) is 0 Å². The average molecular weight is 339 g/mol. The van der Waals surface area contributed by atoms with Crippen LogP contribution in [0.1, 0.15) is 0 Å². The SMILES string of the molecule is Clc1ccc2[nH]cc(Sc3ccc(Br)cc3)c2c1. The summed E-state index contributed by atoms with van der Waals surface area (Å²) in [6.45, 7) is 0. The second-order valence-corrected chi connectivity index (χ2v) is 6.37. The van der Waals surface area contributed by atoms with Crippen LogP contribution >= 0.6 is 39.3 Å². The van der Waals surface area contributed by atoms with Gasteiger partial charge in [-0.25, -0.2) is 0 Å². The molecule has 0 saturated heterocycles. The summed E-state index contributed by atoms with van der Waals surface area (Å²) in [5, 5.41) is 1.93. The molecule has 0 atom stereocenters. The number of nitrogens with one attached hydrogen (secondary N) is 1. The molecule has 90 valence electrons. The molecule has 1 N–H and O–H groups in total. The number of hydrogen-bond donors (Lipinski definition) is 1. The first-order chi connectivity index (χ1) is 8.72. The van der Waals surface area contributed by atoms with E-state index in [1.165, 1.54) is 9.79 Å². The standard InChI is InChI=1S/C14H9BrClNS/c15-9-1-4-11(5-2-9)18-14-8-17-13-6-3-10(16)7-12(13)14/h1-8,17H. The fourth-order valence-corrected chi connectivity index (χ4v) is 3.14. The second kappa shape index (κ2) is 5.00. The highest BCUT2D eigenvalue weighted by Gasteiger charge is 2.06. The molecule has 18 heavy (non-hydrogen) atoms. The Balaban J connectivity index is 1.99. The van der Waals surface area contributed by atoms with Crippen molar-refractivity contribution in [2.45, 2.75) is 9.79 Å². The minimum atomic E-state index is 0.764. The number of rotatable bonds is 2. The van der Waals surface area contributed by atoms with Crippen LogP contribution in [0.3, 0.4) is 0 Å². The van der Waals surface area contributed by atoms with E-state index in [2.05, 4.69) is 33.0 Å². The maximum atomic E-state index is 6.04. The number of benzene rings is 2. The Bertz CT molecular complexity index is 691. The number of halogens is 2. The topological polar surface area (TPSA) is 15.8 Å². The van der Waals surface area contributed by atoms with Gasteiger partial charge in [-0.3, -0.25) is 0 Å². The normalized spacial score (nSPS) is 11.0. The van der Waals surface area contributed by atoms with E-state index in [0.717, 1.165) is 20.4 Å². The van der Waals surface area contributed by atoms with Gasteiger partial charge in [-0.2, -0.15) is 0 Å². The first-order valence-electron chi connectivity index (χ1n) is 5.42. The highest BCUT2D eigenvalue weighted by atomic mass is 79.9. The van der Waals surface area contributed by atoms with E-state index in [4.69, 9.17) is 11.6 Å². The Hall–Kier alpha value is -0.900. The first kappa shape index (κ1) is 12.2. The van der Waals surface area contributed by atoms with Crippen LogP contribution in [-0.2, 0) is 0 Å². The quantitative estimate of drug-likeness (QED) is 0.630. The Kier molecular flexibility index (Phi) is 3.37. The van der Waals surface area contributed by atoms with Gasteiger partial charge in [0.1, 0.15) is 0 Å². The molecule has 0 radical (unpaired) electrons. The molecule has 2 aromatic carbocycles. The van der Waals surface area contributed by atoms with Gasteiger partial charge in [0.25, 0.3) is 0 Å². The molecule has 0 unspecified atom stereocenters. The summed E-state index contributed by atoms with van der Waals surface area (Å²) in [6, 6.07) is 14.2. The molecule has 0 saturated carbocycles. The lowest BCUT2D eigenvalue weighted by atomic mass is 10.2. The molecule has 0 amide bonds. The summed E-state index contributed by atoms with van der Waals surface area (Å²) >= 11 is 11.2. The van der Waals surface area contributed by atoms with Crippen molar-refractivity contribution in [3.05, 3.63) is 58.2 Å². The summed E-state index contributed by atoms with van der Waals surface area (Å²) < 4.78 is 1.09. The van der Waals surface area contributed by atoms with Gasteiger partial charge in [0.05, 0.1) is 0 Å². The second-order valence-electron chi connectivity index (χ2n) is 3.90. The Labute approximate surface area is 123 Å². The van der Waals surface area contributed by atoms with Crippen LogP contribution in [0.25, 0.3) is 10.9 Å². The smallest absolute Gasteiger partial charge is 0.0466 e. The average Bonchev–Trinajstić information content (AvgIpc) is 2.75. The third kappa shape index (κ3) is 2.44. The monoisotopic (exact) mass is 337 g/mol. The van der Waals surface area contributed by atoms with Crippen molar-refractivity contribution in [1.82, 2.24) is 4.98 Å². The first-order valence-corrected chi connectivity index (χ1v) is 7.41. The lowest BCUT2D eigenvalue weighted by Crippen LogP contribution is -1.72. The largest absolute Gasteiger partial charge is 0.360 e. The molecule has 4 heteroatoms. The van der Waals surface area contributed by atoms with Crippen LogP contribution in [0.5, 0.6) is 0 Å². The highest BCUT2D eigenvalue weighted by molar-refractivity contribution is 9.10. The Morgan fingerprint density at radius 1 is 1.06 bits per heavy atom. The van der Waals surface area contributed by atoms with Crippen molar-refractivity contribution >= 4 is 50.2 Å². The molecule has 0 aliphatic rings. The fraction of sp³-hybridized carbons (Fsp3) is 0. The van der Waals surface area contributed by atoms with E-state index < -0.39 is 0 Å². The van der Waals surface area contributed by atoms with Crippen molar-refractivity contribution in [2.24, 2.45) is 0 Å². The van der Waals surface area contributed by atoms with Crippen LogP contribution in [-0.4, -0.2) is 4.98 Å². The molecule has 0 fully saturated rings. The van der Waals surface area contributed by atoms with Gasteiger partial charge in [0.2, 0.25) is 0 Å². The summed E-state index contributed by atoms with van der Waals surface area (Å²) in [6.07, 6.45) is 2.02. The third-order valence-corrected chi connectivity index (χ3v) is 4.48. The lowest BCUT2D eigenvalue weighted by Gasteiger charge is -2.00. The highest BCUT2D eigenvalue weighted by Crippen LogP contribution is 2.35. The molecule has 1 nitrogen and oxygen atoms in total. The van der Waals surface area contributed by atoms with Gasteiger partial charge >= 0.3 is 0 Å². The van der Waals surface area contributed by atoms with Crippen molar-refractivity contribution in [3.63, 3.8) is 0 Å². The molecule has 1 heterocycles. The zero-order chi connectivity index (χ0) is 12.5.